The molecule has 0 bridgehead atoms. The second-order valence-corrected chi connectivity index (χ2v) is 8.80. The first-order valence-electron chi connectivity index (χ1n) is 8.63. The van der Waals surface area contributed by atoms with Crippen LogP contribution in [0.4, 0.5) is 17.6 Å². The lowest BCUT2D eigenvalue weighted by molar-refractivity contribution is -0.144. The van der Waals surface area contributed by atoms with E-state index in [2.05, 4.69) is 0 Å². The first kappa shape index (κ1) is 24.2. The first-order valence-corrected chi connectivity index (χ1v) is 9.51. The third-order valence-corrected chi connectivity index (χ3v) is 6.01. The van der Waals surface area contributed by atoms with Crippen molar-refractivity contribution < 1.29 is 27.5 Å². The van der Waals surface area contributed by atoms with Crippen molar-refractivity contribution in [2.24, 2.45) is 12.5 Å². The van der Waals surface area contributed by atoms with Gasteiger partial charge in [-0.1, -0.05) is 20.8 Å². The smallest absolute Gasteiger partial charge is 0.431 e. The molecule has 0 aliphatic rings. The molecule has 1 heterocycles. The minimum Gasteiger partial charge on any atom is -0.480 e. The number of thioether (sulfide) groups is 1. The maximum Gasteiger partial charge on any atom is 0.431 e. The fourth-order valence-electron chi connectivity index (χ4n) is 2.74. The number of carboxylic acid groups (broad SMARTS) is 1. The molecule has 7 nitrogen and oxygen atoms in total. The largest absolute Gasteiger partial charge is 0.480 e. The molecule has 1 aromatic heterocycles. The molecule has 1 aromatic carbocycles. The topological polar surface area (TPSA) is 105 Å². The Morgan fingerprint density at radius 3 is 2.23 bits per heavy atom. The number of benzene rings is 1. The van der Waals surface area contributed by atoms with E-state index in [1.807, 2.05) is 0 Å². The maximum atomic E-state index is 14.7. The lowest BCUT2D eigenvalue weighted by atomic mass is 9.92. The zero-order valence-electron chi connectivity index (χ0n) is 16.7. The molecule has 0 amide bonds. The van der Waals surface area contributed by atoms with E-state index >= 15 is 0 Å². The number of carboxylic acids is 1. The van der Waals surface area contributed by atoms with E-state index < -0.39 is 51.3 Å². The Balaban J connectivity index is 2.79. The van der Waals surface area contributed by atoms with Crippen LogP contribution < -0.4 is 11.2 Å². The van der Waals surface area contributed by atoms with Gasteiger partial charge >= 0.3 is 17.8 Å². The van der Waals surface area contributed by atoms with Gasteiger partial charge in [-0.3, -0.25) is 14.2 Å². The van der Waals surface area contributed by atoms with Gasteiger partial charge in [-0.15, -0.1) is 11.8 Å². The number of rotatable bonds is 4. The Morgan fingerprint density at radius 2 is 1.77 bits per heavy atom. The Kier molecular flexibility index (Phi) is 6.42. The standard InChI is InChI=1S/C19H17F4N3O4S/c1-18(2,3)15(16(28)29)31-12-6-11(10(20)5-9(12)8-24)26-14(27)7-13(19(21,22)23)25(4)17(26)30/h5-7,15H,1-4H3,(H,28,29). The summed E-state index contributed by atoms with van der Waals surface area (Å²) < 4.78 is 54.1. The van der Waals surface area contributed by atoms with Crippen molar-refractivity contribution in [3.8, 4) is 11.8 Å². The van der Waals surface area contributed by atoms with Crippen LogP contribution in [0.5, 0.6) is 0 Å². The van der Waals surface area contributed by atoms with Gasteiger partial charge < -0.3 is 5.11 Å². The zero-order chi connectivity index (χ0) is 23.9. The Labute approximate surface area is 177 Å². The molecule has 1 N–H and O–H groups in total. The van der Waals surface area contributed by atoms with Crippen LogP contribution in [0.2, 0.25) is 0 Å². The molecule has 12 heteroatoms. The number of carbonyl (C=O) groups is 1. The average Bonchev–Trinajstić information content (AvgIpc) is 2.62. The van der Waals surface area contributed by atoms with E-state index in [1.54, 1.807) is 26.8 Å². The third-order valence-electron chi connectivity index (χ3n) is 4.28. The van der Waals surface area contributed by atoms with Gasteiger partial charge in [-0.2, -0.15) is 18.4 Å². The van der Waals surface area contributed by atoms with Crippen LogP contribution in [-0.4, -0.2) is 25.5 Å². The average molecular weight is 459 g/mol. The summed E-state index contributed by atoms with van der Waals surface area (Å²) in [5.41, 5.74) is -6.14. The van der Waals surface area contributed by atoms with Crippen molar-refractivity contribution in [1.29, 1.82) is 5.26 Å². The molecular weight excluding hydrogens is 442 g/mol. The summed E-state index contributed by atoms with van der Waals surface area (Å²) in [5, 5.41) is 17.7. The fourth-order valence-corrected chi connectivity index (χ4v) is 3.86. The normalized spacial score (nSPS) is 13.0. The molecule has 1 unspecified atom stereocenters. The van der Waals surface area contributed by atoms with Crippen LogP contribution in [0.1, 0.15) is 32.0 Å². The summed E-state index contributed by atoms with van der Waals surface area (Å²) in [4.78, 5) is 36.4. The van der Waals surface area contributed by atoms with Gasteiger partial charge in [0.15, 0.2) is 0 Å². The summed E-state index contributed by atoms with van der Waals surface area (Å²) in [7, 11) is 0.776. The summed E-state index contributed by atoms with van der Waals surface area (Å²) in [6, 6.07) is 3.47. The second-order valence-electron chi connectivity index (χ2n) is 7.66. The molecule has 0 fully saturated rings. The van der Waals surface area contributed by atoms with E-state index in [1.165, 1.54) is 0 Å². The van der Waals surface area contributed by atoms with Crippen LogP contribution >= 0.6 is 11.8 Å². The van der Waals surface area contributed by atoms with Gasteiger partial charge in [0.2, 0.25) is 0 Å². The number of nitriles is 1. The van der Waals surface area contributed by atoms with Gasteiger partial charge in [0, 0.05) is 18.0 Å². The fraction of sp³-hybridized carbons (Fsp3) is 0.368. The maximum absolute atomic E-state index is 14.7. The van der Waals surface area contributed by atoms with Gasteiger partial charge in [-0.05, 0) is 17.5 Å². The molecule has 0 aliphatic heterocycles. The number of aromatic nitrogens is 2. The monoisotopic (exact) mass is 459 g/mol. The molecular formula is C19H17F4N3O4S. The zero-order valence-corrected chi connectivity index (χ0v) is 17.6. The highest BCUT2D eigenvalue weighted by Gasteiger charge is 2.36. The lowest BCUT2D eigenvalue weighted by Crippen LogP contribution is -2.41. The van der Waals surface area contributed by atoms with Crippen molar-refractivity contribution in [2.45, 2.75) is 37.1 Å². The van der Waals surface area contributed by atoms with Gasteiger partial charge in [0.25, 0.3) is 5.56 Å². The van der Waals surface area contributed by atoms with Crippen molar-refractivity contribution >= 4 is 17.7 Å². The Bertz CT molecular complexity index is 1200. The second kappa shape index (κ2) is 8.22. The molecule has 0 radical (unpaired) electrons. The van der Waals surface area contributed by atoms with Crippen molar-refractivity contribution in [3.63, 3.8) is 0 Å². The van der Waals surface area contributed by atoms with Crippen LogP contribution in [0.25, 0.3) is 5.69 Å². The molecule has 166 valence electrons. The van der Waals surface area contributed by atoms with Gasteiger partial charge in [0.05, 0.1) is 11.3 Å². The summed E-state index contributed by atoms with van der Waals surface area (Å²) in [6.45, 7) is 4.89. The lowest BCUT2D eigenvalue weighted by Gasteiger charge is -2.26. The van der Waals surface area contributed by atoms with Crippen LogP contribution in [0.3, 0.4) is 0 Å². The number of nitrogens with zero attached hydrogens (tertiary/aromatic N) is 3. The van der Waals surface area contributed by atoms with Crippen LogP contribution in [0.15, 0.2) is 32.7 Å². The molecule has 2 rings (SSSR count). The predicted octanol–water partition coefficient (Wildman–Crippen LogP) is 3.16. The van der Waals surface area contributed by atoms with Gasteiger partial charge in [-0.25, -0.2) is 13.8 Å². The van der Waals surface area contributed by atoms with Crippen molar-refractivity contribution in [1.82, 2.24) is 9.13 Å². The highest BCUT2D eigenvalue weighted by Crippen LogP contribution is 2.38. The summed E-state index contributed by atoms with van der Waals surface area (Å²) in [5.74, 6) is -2.42. The van der Waals surface area contributed by atoms with E-state index in [9.17, 15) is 42.3 Å². The summed E-state index contributed by atoms with van der Waals surface area (Å²) in [6.07, 6.45) is -4.99. The van der Waals surface area contributed by atoms with Crippen molar-refractivity contribution in [2.75, 3.05) is 0 Å². The van der Waals surface area contributed by atoms with Crippen LogP contribution in [0, 0.1) is 22.6 Å². The number of hydrogen-bond donors (Lipinski definition) is 1. The minimum atomic E-state index is -4.99. The molecule has 2 aromatic rings. The first-order chi connectivity index (χ1) is 14.1. The Hall–Kier alpha value is -3.07. The molecule has 0 saturated heterocycles. The van der Waals surface area contributed by atoms with Gasteiger partial charge in [0.1, 0.15) is 22.8 Å². The van der Waals surface area contributed by atoms with E-state index in [-0.39, 0.29) is 25.7 Å². The molecule has 0 spiro atoms. The number of hydrogen-bond acceptors (Lipinski definition) is 5. The highest BCUT2D eigenvalue weighted by molar-refractivity contribution is 8.00. The minimum absolute atomic E-state index is 0.0462. The van der Waals surface area contributed by atoms with E-state index in [4.69, 9.17) is 0 Å². The third kappa shape index (κ3) is 4.82. The molecule has 1 atom stereocenters. The Morgan fingerprint density at radius 1 is 1.19 bits per heavy atom. The van der Waals surface area contributed by atoms with E-state index in [0.717, 1.165) is 13.1 Å². The summed E-state index contributed by atoms with van der Waals surface area (Å²) >= 11 is 0.703. The number of halogens is 4. The van der Waals surface area contributed by atoms with Crippen LogP contribution in [-0.2, 0) is 18.0 Å². The molecule has 31 heavy (non-hydrogen) atoms. The molecule has 0 saturated carbocycles. The molecule has 0 aliphatic carbocycles. The SMILES string of the molecule is Cn1c(C(F)(F)F)cc(=O)n(-c2cc(SC(C(=O)O)C(C)(C)C)c(C#N)cc2F)c1=O. The quantitative estimate of drug-likeness (QED) is 0.556. The number of aliphatic carboxylic acids is 1. The van der Waals surface area contributed by atoms with E-state index in [0.29, 0.717) is 17.8 Å². The highest BCUT2D eigenvalue weighted by atomic mass is 32.2. The van der Waals surface area contributed by atoms with Crippen molar-refractivity contribution in [3.05, 3.63) is 56.1 Å². The number of alkyl halides is 3. The predicted molar refractivity (Wildman–Crippen MR) is 104 cm³/mol.